The maximum atomic E-state index is 12.1. The fourth-order valence-electron chi connectivity index (χ4n) is 2.38. The van der Waals surface area contributed by atoms with Crippen molar-refractivity contribution in [3.05, 3.63) is 65.6 Å². The number of amides is 1. The summed E-state index contributed by atoms with van der Waals surface area (Å²) in [5.74, 6) is 0.788. The van der Waals surface area contributed by atoms with E-state index < -0.39 is 13.0 Å². The van der Waals surface area contributed by atoms with Crippen LogP contribution in [-0.2, 0) is 4.79 Å². The molecule has 0 atom stereocenters. The molecule has 0 spiro atoms. The van der Waals surface area contributed by atoms with E-state index in [1.807, 2.05) is 29.6 Å². The third-order valence-electron chi connectivity index (χ3n) is 3.80. The maximum absolute atomic E-state index is 12.1. The molecule has 1 aromatic heterocycles. The third-order valence-corrected chi connectivity index (χ3v) is 4.56. The summed E-state index contributed by atoms with van der Waals surface area (Å²) in [6.45, 7) is -0.649. The molecule has 2 aromatic carbocycles. The smallest absolute Gasteiger partial charge is 0.272 e. The number of ether oxygens (including phenoxy) is 2. The topological polar surface area (TPSA) is 60.5 Å². The lowest BCUT2D eigenvalue weighted by Gasteiger charge is -2.05. The molecular formula is C21H18F2N2O3S. The largest absolute Gasteiger partial charge is 0.497 e. The quantitative estimate of drug-likeness (QED) is 0.518. The zero-order valence-corrected chi connectivity index (χ0v) is 16.3. The van der Waals surface area contributed by atoms with E-state index in [-0.39, 0.29) is 5.91 Å². The van der Waals surface area contributed by atoms with Crippen LogP contribution in [0.15, 0.2) is 60.0 Å². The Labute approximate surface area is 170 Å². The molecule has 0 aliphatic carbocycles. The van der Waals surface area contributed by atoms with Crippen molar-refractivity contribution in [2.24, 2.45) is 0 Å². The number of methoxy groups -OCH3 is 1. The highest BCUT2D eigenvalue weighted by Gasteiger charge is 2.07. The van der Waals surface area contributed by atoms with Crippen LogP contribution in [0.3, 0.4) is 0 Å². The highest BCUT2D eigenvalue weighted by Crippen LogP contribution is 2.26. The van der Waals surface area contributed by atoms with Gasteiger partial charge in [-0.25, -0.2) is 13.8 Å². The zero-order chi connectivity index (χ0) is 20.6. The number of halogens is 2. The number of nitrogens with zero attached hydrogens (tertiary/aromatic N) is 1. The summed E-state index contributed by atoms with van der Waals surface area (Å²) in [4.78, 5) is 16.5. The minimum atomic E-state index is -2.52. The van der Waals surface area contributed by atoms with Crippen molar-refractivity contribution in [2.75, 3.05) is 19.0 Å². The third kappa shape index (κ3) is 6.11. The van der Waals surface area contributed by atoms with Crippen LogP contribution in [0.25, 0.3) is 17.3 Å². The van der Waals surface area contributed by atoms with Gasteiger partial charge in [0.2, 0.25) is 5.91 Å². The van der Waals surface area contributed by atoms with Crippen molar-refractivity contribution in [1.82, 2.24) is 4.98 Å². The summed E-state index contributed by atoms with van der Waals surface area (Å²) in [5, 5.41) is 5.07. The number of carbonyl (C=O) groups excluding carboxylic acids is 1. The van der Waals surface area contributed by atoms with Gasteiger partial charge in [0.15, 0.2) is 5.13 Å². The van der Waals surface area contributed by atoms with E-state index >= 15 is 0 Å². The molecule has 0 radical (unpaired) electrons. The van der Waals surface area contributed by atoms with Gasteiger partial charge in [0.05, 0.1) is 12.8 Å². The number of thiazole rings is 1. The Morgan fingerprint density at radius 1 is 1.14 bits per heavy atom. The van der Waals surface area contributed by atoms with E-state index in [1.165, 1.54) is 17.4 Å². The number of carbonyl (C=O) groups is 1. The molecule has 1 amide bonds. The molecule has 3 aromatic rings. The minimum Gasteiger partial charge on any atom is -0.497 e. The molecule has 0 aliphatic heterocycles. The molecule has 0 saturated carbocycles. The fraction of sp³-hybridized carbons (Fsp3) is 0.143. The normalized spacial score (nSPS) is 11.0. The summed E-state index contributed by atoms with van der Waals surface area (Å²) in [6.07, 6.45) is 0.475. The van der Waals surface area contributed by atoms with Gasteiger partial charge in [-0.15, -0.1) is 11.3 Å². The van der Waals surface area contributed by atoms with Gasteiger partial charge in [0.25, 0.3) is 6.43 Å². The number of nitrogens with one attached hydrogen (secondary N) is 1. The zero-order valence-electron chi connectivity index (χ0n) is 15.5. The first-order valence-electron chi connectivity index (χ1n) is 8.63. The molecule has 1 heterocycles. The Kier molecular flexibility index (Phi) is 6.91. The summed E-state index contributed by atoms with van der Waals surface area (Å²) >= 11 is 1.33. The van der Waals surface area contributed by atoms with Crippen molar-refractivity contribution < 1.29 is 23.0 Å². The van der Waals surface area contributed by atoms with Gasteiger partial charge in [0.1, 0.15) is 18.1 Å². The summed E-state index contributed by atoms with van der Waals surface area (Å²) in [6, 6.07) is 14.0. The first-order chi connectivity index (χ1) is 14.0. The van der Waals surface area contributed by atoms with Gasteiger partial charge in [-0.1, -0.05) is 12.1 Å². The van der Waals surface area contributed by atoms with Crippen molar-refractivity contribution in [3.8, 4) is 22.8 Å². The number of aromatic nitrogens is 1. The van der Waals surface area contributed by atoms with E-state index in [9.17, 15) is 13.6 Å². The molecule has 1 N–H and O–H groups in total. The van der Waals surface area contributed by atoms with Crippen molar-refractivity contribution in [1.29, 1.82) is 0 Å². The van der Waals surface area contributed by atoms with Crippen LogP contribution in [-0.4, -0.2) is 31.0 Å². The predicted octanol–water partition coefficient (Wildman–Crippen LogP) is 5.11. The Morgan fingerprint density at radius 2 is 1.83 bits per heavy atom. The monoisotopic (exact) mass is 416 g/mol. The number of rotatable bonds is 8. The number of alkyl halides is 2. The molecule has 0 aliphatic rings. The molecule has 8 heteroatoms. The lowest BCUT2D eigenvalue weighted by atomic mass is 10.2. The lowest BCUT2D eigenvalue weighted by Crippen LogP contribution is -2.07. The van der Waals surface area contributed by atoms with Crippen LogP contribution in [0, 0.1) is 0 Å². The van der Waals surface area contributed by atoms with Gasteiger partial charge >= 0.3 is 0 Å². The van der Waals surface area contributed by atoms with Crippen LogP contribution < -0.4 is 14.8 Å². The number of hydrogen-bond acceptors (Lipinski definition) is 5. The Morgan fingerprint density at radius 3 is 2.48 bits per heavy atom. The van der Waals surface area contributed by atoms with Gasteiger partial charge in [0, 0.05) is 17.0 Å². The highest BCUT2D eigenvalue weighted by molar-refractivity contribution is 7.14. The first-order valence-corrected chi connectivity index (χ1v) is 9.51. The summed E-state index contributed by atoms with van der Waals surface area (Å²) in [7, 11) is 1.61. The number of anilines is 1. The number of benzene rings is 2. The van der Waals surface area contributed by atoms with Crippen molar-refractivity contribution >= 4 is 28.5 Å². The lowest BCUT2D eigenvalue weighted by molar-refractivity contribution is -0.111. The maximum Gasteiger partial charge on any atom is 0.272 e. The van der Waals surface area contributed by atoms with Gasteiger partial charge in [-0.05, 0) is 48.0 Å². The fourth-order valence-corrected chi connectivity index (χ4v) is 3.10. The van der Waals surface area contributed by atoms with E-state index in [0.29, 0.717) is 10.9 Å². The Hall–Kier alpha value is -3.26. The predicted molar refractivity (Wildman–Crippen MR) is 110 cm³/mol. The van der Waals surface area contributed by atoms with E-state index in [4.69, 9.17) is 9.47 Å². The molecule has 0 bridgehead atoms. The second-order valence-electron chi connectivity index (χ2n) is 5.86. The molecule has 5 nitrogen and oxygen atoms in total. The van der Waals surface area contributed by atoms with Crippen LogP contribution >= 0.6 is 11.3 Å². The highest BCUT2D eigenvalue weighted by atomic mass is 32.1. The SMILES string of the molecule is COc1ccc(-c2csc(NC(=O)/C=C/c3ccc(OCC(F)F)cc3)n2)cc1. The van der Waals surface area contributed by atoms with Crippen LogP contribution in [0.1, 0.15) is 5.56 Å². The van der Waals surface area contributed by atoms with Crippen LogP contribution in [0.2, 0.25) is 0 Å². The molecule has 0 fully saturated rings. The second kappa shape index (κ2) is 9.79. The van der Waals surface area contributed by atoms with E-state index in [1.54, 1.807) is 37.5 Å². The van der Waals surface area contributed by atoms with E-state index in [0.717, 1.165) is 22.6 Å². The standard InChI is InChI=1S/C21H18F2N2O3S/c1-27-16-9-5-15(6-10-16)18-13-29-21(24-18)25-20(26)11-4-14-2-7-17(8-3-14)28-12-19(22)23/h2-11,13,19H,12H2,1H3,(H,24,25,26)/b11-4+. The second-order valence-corrected chi connectivity index (χ2v) is 6.72. The van der Waals surface area contributed by atoms with Crippen molar-refractivity contribution in [3.63, 3.8) is 0 Å². The molecule has 29 heavy (non-hydrogen) atoms. The van der Waals surface area contributed by atoms with Gasteiger partial charge in [-0.3, -0.25) is 10.1 Å². The van der Waals surface area contributed by atoms with E-state index in [2.05, 4.69) is 10.3 Å². The molecule has 0 saturated heterocycles. The average molecular weight is 416 g/mol. The average Bonchev–Trinajstić information content (AvgIpc) is 3.20. The van der Waals surface area contributed by atoms with Gasteiger partial charge < -0.3 is 9.47 Å². The number of hydrogen-bond donors (Lipinski definition) is 1. The van der Waals surface area contributed by atoms with Crippen molar-refractivity contribution in [2.45, 2.75) is 6.43 Å². The summed E-state index contributed by atoms with van der Waals surface area (Å²) in [5.41, 5.74) is 2.42. The Balaban J connectivity index is 1.55. The molecule has 3 rings (SSSR count). The van der Waals surface area contributed by atoms with Crippen LogP contribution in [0.5, 0.6) is 11.5 Å². The first kappa shape index (κ1) is 20.5. The Bertz CT molecular complexity index is 970. The van der Waals surface area contributed by atoms with Gasteiger partial charge in [-0.2, -0.15) is 0 Å². The molecular weight excluding hydrogens is 398 g/mol. The molecule has 0 unspecified atom stereocenters. The summed E-state index contributed by atoms with van der Waals surface area (Å²) < 4.78 is 34.3. The minimum absolute atomic E-state index is 0.321. The van der Waals surface area contributed by atoms with Crippen LogP contribution in [0.4, 0.5) is 13.9 Å². The molecule has 150 valence electrons.